The molecule has 1 amide bonds. The van der Waals surface area contributed by atoms with Crippen molar-refractivity contribution in [3.05, 3.63) is 60.2 Å². The minimum Gasteiger partial charge on any atom is -0.464 e. The maximum atomic E-state index is 12.8. The SMILES string of the molecule is CCOC(=O)C1(C)/C(=N\Nc2ccc(C)cc2)C(=O)C(=O)N1c1ccccc1. The Balaban J connectivity index is 2.07. The van der Waals surface area contributed by atoms with Crippen molar-refractivity contribution in [2.24, 2.45) is 5.10 Å². The average molecular weight is 379 g/mol. The molecule has 1 N–H and O–H groups in total. The molecule has 7 nitrogen and oxygen atoms in total. The van der Waals surface area contributed by atoms with Crippen molar-refractivity contribution in [2.75, 3.05) is 16.9 Å². The van der Waals surface area contributed by atoms with Crippen LogP contribution in [0.15, 0.2) is 59.7 Å². The predicted octanol–water partition coefficient (Wildman–Crippen LogP) is 2.70. The Kier molecular flexibility index (Phi) is 5.26. The van der Waals surface area contributed by atoms with E-state index in [1.54, 1.807) is 49.4 Å². The van der Waals surface area contributed by atoms with Gasteiger partial charge in [-0.25, -0.2) is 4.79 Å². The quantitative estimate of drug-likeness (QED) is 0.490. The van der Waals surface area contributed by atoms with Crippen LogP contribution in [0, 0.1) is 6.92 Å². The van der Waals surface area contributed by atoms with E-state index in [0.29, 0.717) is 11.4 Å². The molecule has 1 aliphatic rings. The van der Waals surface area contributed by atoms with E-state index >= 15 is 0 Å². The number of ether oxygens (including phenoxy) is 1. The van der Waals surface area contributed by atoms with Gasteiger partial charge in [0, 0.05) is 5.69 Å². The lowest BCUT2D eigenvalue weighted by Gasteiger charge is -2.31. The van der Waals surface area contributed by atoms with Crippen molar-refractivity contribution in [1.29, 1.82) is 0 Å². The van der Waals surface area contributed by atoms with Gasteiger partial charge in [-0.15, -0.1) is 0 Å². The Morgan fingerprint density at radius 2 is 1.75 bits per heavy atom. The Morgan fingerprint density at radius 1 is 1.11 bits per heavy atom. The molecule has 3 rings (SSSR count). The summed E-state index contributed by atoms with van der Waals surface area (Å²) in [6.07, 6.45) is 0. The van der Waals surface area contributed by atoms with E-state index in [1.165, 1.54) is 6.92 Å². The molecule has 0 aromatic heterocycles. The first-order chi connectivity index (χ1) is 13.4. The van der Waals surface area contributed by atoms with E-state index in [-0.39, 0.29) is 12.3 Å². The molecule has 0 spiro atoms. The second kappa shape index (κ2) is 7.64. The van der Waals surface area contributed by atoms with Gasteiger partial charge in [-0.3, -0.25) is 19.9 Å². The number of anilines is 2. The van der Waals surface area contributed by atoms with Gasteiger partial charge in [-0.1, -0.05) is 35.9 Å². The van der Waals surface area contributed by atoms with Crippen molar-refractivity contribution >= 4 is 34.7 Å². The van der Waals surface area contributed by atoms with E-state index in [4.69, 9.17) is 4.74 Å². The number of Topliss-reactive ketones (excluding diaryl/α,β-unsaturated/α-hetero) is 1. The van der Waals surface area contributed by atoms with Gasteiger partial charge >= 0.3 is 11.9 Å². The first-order valence-corrected chi connectivity index (χ1v) is 8.91. The molecule has 0 saturated carbocycles. The normalized spacial score (nSPS) is 20.5. The molecule has 1 unspecified atom stereocenters. The summed E-state index contributed by atoms with van der Waals surface area (Å²) in [7, 11) is 0. The molecule has 7 heteroatoms. The van der Waals surface area contributed by atoms with Crippen LogP contribution < -0.4 is 10.3 Å². The number of ketones is 1. The fourth-order valence-corrected chi connectivity index (χ4v) is 3.05. The van der Waals surface area contributed by atoms with Crippen LogP contribution in [0.5, 0.6) is 0 Å². The van der Waals surface area contributed by atoms with Crippen molar-refractivity contribution in [1.82, 2.24) is 0 Å². The first-order valence-electron chi connectivity index (χ1n) is 8.91. The summed E-state index contributed by atoms with van der Waals surface area (Å²) in [5, 5.41) is 4.14. The van der Waals surface area contributed by atoms with Gasteiger partial charge in [0.1, 0.15) is 0 Å². The second-order valence-electron chi connectivity index (χ2n) is 6.54. The highest BCUT2D eigenvalue weighted by molar-refractivity contribution is 6.75. The molecule has 1 atom stereocenters. The number of rotatable bonds is 5. The maximum absolute atomic E-state index is 12.8. The fourth-order valence-electron chi connectivity index (χ4n) is 3.05. The molecule has 1 heterocycles. The van der Waals surface area contributed by atoms with Gasteiger partial charge in [0.05, 0.1) is 12.3 Å². The highest BCUT2D eigenvalue weighted by atomic mass is 16.5. The Labute approximate surface area is 163 Å². The van der Waals surface area contributed by atoms with Crippen LogP contribution in [-0.2, 0) is 19.1 Å². The number of carbonyl (C=O) groups is 3. The number of para-hydroxylation sites is 1. The summed E-state index contributed by atoms with van der Waals surface area (Å²) < 4.78 is 5.18. The summed E-state index contributed by atoms with van der Waals surface area (Å²) in [6.45, 7) is 5.19. The van der Waals surface area contributed by atoms with Crippen molar-refractivity contribution in [3.8, 4) is 0 Å². The third kappa shape index (κ3) is 3.26. The molecule has 28 heavy (non-hydrogen) atoms. The average Bonchev–Trinajstić information content (AvgIpc) is 2.89. The maximum Gasteiger partial charge on any atom is 0.338 e. The zero-order valence-electron chi connectivity index (χ0n) is 15.9. The zero-order valence-corrected chi connectivity index (χ0v) is 15.9. The van der Waals surface area contributed by atoms with Crippen LogP contribution in [0.1, 0.15) is 19.4 Å². The lowest BCUT2D eigenvalue weighted by atomic mass is 9.95. The summed E-state index contributed by atoms with van der Waals surface area (Å²) >= 11 is 0. The molecule has 1 saturated heterocycles. The minimum absolute atomic E-state index is 0.109. The van der Waals surface area contributed by atoms with Crippen LogP contribution >= 0.6 is 0 Å². The molecule has 0 bridgehead atoms. The third-order valence-electron chi connectivity index (χ3n) is 4.56. The van der Waals surface area contributed by atoms with Gasteiger partial charge in [-0.2, -0.15) is 5.10 Å². The van der Waals surface area contributed by atoms with Gasteiger partial charge in [0.2, 0.25) is 0 Å². The topological polar surface area (TPSA) is 88.1 Å². The van der Waals surface area contributed by atoms with Crippen LogP contribution in [-0.4, -0.2) is 35.5 Å². The molecule has 0 aliphatic carbocycles. The van der Waals surface area contributed by atoms with E-state index in [1.807, 2.05) is 19.1 Å². The third-order valence-corrected chi connectivity index (χ3v) is 4.56. The number of nitrogens with zero attached hydrogens (tertiary/aromatic N) is 2. The molecule has 1 aliphatic heterocycles. The molecule has 2 aromatic carbocycles. The van der Waals surface area contributed by atoms with Crippen molar-refractivity contribution < 1.29 is 19.1 Å². The standard InChI is InChI=1S/C21H21N3O4/c1-4-28-20(27)21(3)18(23-22-15-12-10-14(2)11-13-15)17(25)19(26)24(21)16-8-6-5-7-9-16/h5-13,22H,4H2,1-3H3/b23-18-. The summed E-state index contributed by atoms with van der Waals surface area (Å²) in [4.78, 5) is 39.4. The molecule has 0 radical (unpaired) electrons. The van der Waals surface area contributed by atoms with Gasteiger partial charge in [0.25, 0.3) is 5.78 Å². The lowest BCUT2D eigenvalue weighted by Crippen LogP contribution is -2.55. The van der Waals surface area contributed by atoms with E-state index in [0.717, 1.165) is 10.5 Å². The van der Waals surface area contributed by atoms with E-state index in [9.17, 15) is 14.4 Å². The Bertz CT molecular complexity index is 938. The predicted molar refractivity (Wildman–Crippen MR) is 106 cm³/mol. The van der Waals surface area contributed by atoms with Crippen LogP contribution in [0.4, 0.5) is 11.4 Å². The van der Waals surface area contributed by atoms with E-state index < -0.39 is 23.2 Å². The Hall–Kier alpha value is -3.48. The van der Waals surface area contributed by atoms with Crippen molar-refractivity contribution in [2.45, 2.75) is 26.3 Å². The summed E-state index contributed by atoms with van der Waals surface area (Å²) in [5.41, 5.74) is 2.99. The van der Waals surface area contributed by atoms with Crippen LogP contribution in [0.25, 0.3) is 0 Å². The number of hydrazone groups is 1. The molecule has 1 fully saturated rings. The number of esters is 1. The largest absolute Gasteiger partial charge is 0.464 e. The monoisotopic (exact) mass is 379 g/mol. The van der Waals surface area contributed by atoms with Gasteiger partial charge in [-0.05, 0) is 45.0 Å². The fraction of sp³-hybridized carbons (Fsp3) is 0.238. The van der Waals surface area contributed by atoms with Crippen LogP contribution in [0.2, 0.25) is 0 Å². The number of hydrogen-bond acceptors (Lipinski definition) is 6. The number of hydrogen-bond donors (Lipinski definition) is 1. The molecular formula is C21H21N3O4. The van der Waals surface area contributed by atoms with E-state index in [2.05, 4.69) is 10.5 Å². The number of benzene rings is 2. The second-order valence-corrected chi connectivity index (χ2v) is 6.54. The smallest absolute Gasteiger partial charge is 0.338 e. The van der Waals surface area contributed by atoms with Crippen molar-refractivity contribution in [3.63, 3.8) is 0 Å². The number of amides is 1. The molecular weight excluding hydrogens is 358 g/mol. The van der Waals surface area contributed by atoms with Gasteiger partial charge in [0.15, 0.2) is 11.3 Å². The zero-order chi connectivity index (χ0) is 20.3. The first kappa shape index (κ1) is 19.3. The number of aryl methyl sites for hydroxylation is 1. The highest BCUT2D eigenvalue weighted by Crippen LogP contribution is 2.33. The number of carbonyl (C=O) groups excluding carboxylic acids is 3. The lowest BCUT2D eigenvalue weighted by molar-refractivity contribution is -0.147. The minimum atomic E-state index is -1.68. The van der Waals surface area contributed by atoms with Gasteiger partial charge < -0.3 is 4.74 Å². The Morgan fingerprint density at radius 3 is 2.36 bits per heavy atom. The molecule has 144 valence electrons. The highest BCUT2D eigenvalue weighted by Gasteiger charge is 2.60. The summed E-state index contributed by atoms with van der Waals surface area (Å²) in [6, 6.07) is 15.9. The molecule has 2 aromatic rings. The van der Waals surface area contributed by atoms with Crippen LogP contribution in [0.3, 0.4) is 0 Å². The summed E-state index contributed by atoms with van der Waals surface area (Å²) in [5.74, 6) is -2.40. The number of nitrogens with one attached hydrogen (secondary N) is 1.